The normalized spacial score (nSPS) is 10.8. The average molecular weight is 572 g/mol. The third-order valence-electron chi connectivity index (χ3n) is 2.56. The molecule has 0 aromatic carbocycles. The zero-order chi connectivity index (χ0) is 17.9. The van der Waals surface area contributed by atoms with Gasteiger partial charge in [-0.25, -0.2) is 0 Å². The van der Waals surface area contributed by atoms with Gasteiger partial charge in [-0.3, -0.25) is 13.1 Å². The van der Waals surface area contributed by atoms with Crippen molar-refractivity contribution in [2.24, 2.45) is 0 Å². The molecule has 0 aliphatic rings. The van der Waals surface area contributed by atoms with E-state index in [9.17, 15) is 9.59 Å². The molecule has 0 rings (SSSR count). The Labute approximate surface area is 170 Å². The van der Waals surface area contributed by atoms with E-state index in [1.807, 2.05) is 0 Å². The van der Waals surface area contributed by atoms with Crippen LogP contribution in [0.1, 0.15) is 12.8 Å². The summed E-state index contributed by atoms with van der Waals surface area (Å²) >= 11 is 3.82. The van der Waals surface area contributed by atoms with Crippen molar-refractivity contribution in [3.05, 3.63) is 0 Å². The van der Waals surface area contributed by atoms with Gasteiger partial charge in [-0.05, 0) is 29.0 Å². The fourth-order valence-electron chi connectivity index (χ4n) is 1.44. The quantitative estimate of drug-likeness (QED) is 0.109. The van der Waals surface area contributed by atoms with Gasteiger partial charge in [0, 0.05) is 42.4 Å². The molecule has 0 aromatic heterocycles. The highest BCUT2D eigenvalue weighted by molar-refractivity contribution is 14.1. The van der Waals surface area contributed by atoms with Crippen LogP contribution in [0.15, 0.2) is 0 Å². The van der Waals surface area contributed by atoms with Crippen LogP contribution in [-0.4, -0.2) is 75.6 Å². The number of nitrogens with one attached hydrogen (secondary N) is 2. The lowest BCUT2D eigenvalue weighted by molar-refractivity contribution is -0.126. The fraction of sp³-hybridized carbons (Fsp3) is 0.857. The van der Waals surface area contributed by atoms with E-state index in [-0.39, 0.29) is 16.3 Å². The Bertz CT molecular complexity index is 324. The molecule has 0 radical (unpaired) electrons. The van der Waals surface area contributed by atoms with E-state index in [1.165, 1.54) is 0 Å². The molecule has 0 atom stereocenters. The highest BCUT2D eigenvalue weighted by atomic mass is 127. The largest absolute Gasteiger partial charge is 0.378 e. The van der Waals surface area contributed by atoms with Crippen LogP contribution in [-0.2, 0) is 28.5 Å². The van der Waals surface area contributed by atoms with Crippen LogP contribution >= 0.6 is 45.5 Å². The first-order valence-electron chi connectivity index (χ1n) is 7.76. The van der Waals surface area contributed by atoms with Gasteiger partial charge in [-0.2, -0.15) is 0 Å². The minimum Gasteiger partial charge on any atom is -0.378 e. The van der Waals surface area contributed by atoms with Crippen LogP contribution in [0.2, 0.25) is 0 Å². The average Bonchev–Trinajstić information content (AvgIpc) is 2.55. The predicted molar refractivity (Wildman–Crippen MR) is 107 cm³/mol. The first kappa shape index (κ1) is 24.4. The predicted octanol–water partition coefficient (Wildman–Crippen LogP) is 0.850. The van der Waals surface area contributed by atoms with E-state index >= 15 is 0 Å². The SMILES string of the molecule is O=C(I)CCCNC(=O)COCCOCCOCCOCCNI. The van der Waals surface area contributed by atoms with E-state index in [0.717, 1.165) is 6.54 Å². The molecule has 24 heavy (non-hydrogen) atoms. The van der Waals surface area contributed by atoms with Gasteiger partial charge >= 0.3 is 0 Å². The Balaban J connectivity index is 3.14. The van der Waals surface area contributed by atoms with Gasteiger partial charge in [0.1, 0.15) is 6.61 Å². The molecule has 1 amide bonds. The van der Waals surface area contributed by atoms with Crippen LogP contribution < -0.4 is 8.85 Å². The van der Waals surface area contributed by atoms with Gasteiger partial charge in [0.2, 0.25) is 5.91 Å². The Morgan fingerprint density at radius 2 is 1.33 bits per heavy atom. The number of carbonyl (C=O) groups excluding carboxylic acids is 2. The lowest BCUT2D eigenvalue weighted by atomic mass is 10.3. The van der Waals surface area contributed by atoms with E-state index in [0.29, 0.717) is 65.6 Å². The number of ether oxygens (including phenoxy) is 4. The highest BCUT2D eigenvalue weighted by Gasteiger charge is 2.01. The molecule has 0 bridgehead atoms. The van der Waals surface area contributed by atoms with Crippen molar-refractivity contribution in [2.75, 3.05) is 65.9 Å². The third-order valence-corrected chi connectivity index (χ3v) is 3.64. The van der Waals surface area contributed by atoms with Crippen molar-refractivity contribution in [3.8, 4) is 0 Å². The number of hydrogen-bond acceptors (Lipinski definition) is 7. The second-order valence-electron chi connectivity index (χ2n) is 4.58. The van der Waals surface area contributed by atoms with Crippen LogP contribution in [0.3, 0.4) is 0 Å². The van der Waals surface area contributed by atoms with Crippen LogP contribution in [0.5, 0.6) is 0 Å². The lowest BCUT2D eigenvalue weighted by Crippen LogP contribution is -2.29. The minimum atomic E-state index is -0.183. The van der Waals surface area contributed by atoms with Crippen molar-refractivity contribution in [1.82, 2.24) is 8.85 Å². The molecule has 0 spiro atoms. The molecule has 0 aliphatic carbocycles. The molecule has 0 aromatic rings. The maximum atomic E-state index is 11.4. The van der Waals surface area contributed by atoms with Crippen molar-refractivity contribution < 1.29 is 28.5 Å². The minimum absolute atomic E-state index is 0.00145. The summed E-state index contributed by atoms with van der Waals surface area (Å²) in [5.41, 5.74) is 0. The second kappa shape index (κ2) is 19.7. The van der Waals surface area contributed by atoms with Gasteiger partial charge in [0.15, 0.2) is 3.79 Å². The van der Waals surface area contributed by atoms with E-state index in [4.69, 9.17) is 18.9 Å². The summed E-state index contributed by atoms with van der Waals surface area (Å²) in [7, 11) is 0. The summed E-state index contributed by atoms with van der Waals surface area (Å²) < 4.78 is 24.2. The van der Waals surface area contributed by atoms with E-state index < -0.39 is 0 Å². The standard InChI is InChI=1S/C14H26I2N2O6/c15-13(19)2-1-3-17-14(20)12-24-11-10-23-9-8-22-7-6-21-5-4-18-16/h18H,1-12H2,(H,17,20). The first-order valence-corrected chi connectivity index (χ1v) is 9.92. The highest BCUT2D eigenvalue weighted by Crippen LogP contribution is 1.95. The zero-order valence-electron chi connectivity index (χ0n) is 13.7. The smallest absolute Gasteiger partial charge is 0.245 e. The zero-order valence-corrected chi connectivity index (χ0v) is 18.0. The Kier molecular flexibility index (Phi) is 20.0. The summed E-state index contributed by atoms with van der Waals surface area (Å²) in [5.74, 6) is -0.183. The molecule has 0 aliphatic heterocycles. The van der Waals surface area contributed by atoms with Crippen molar-refractivity contribution >= 4 is 55.2 Å². The fourth-order valence-corrected chi connectivity index (χ4v) is 2.04. The third kappa shape index (κ3) is 20.4. The summed E-state index contributed by atoms with van der Waals surface area (Å²) in [5, 5.41) is 2.68. The second-order valence-corrected chi connectivity index (χ2v) is 6.55. The molecule has 0 saturated carbocycles. The van der Waals surface area contributed by atoms with Crippen molar-refractivity contribution in [3.63, 3.8) is 0 Å². The van der Waals surface area contributed by atoms with Gasteiger partial charge in [0.05, 0.1) is 46.2 Å². The molecule has 0 saturated heterocycles. The Hall–Kier alpha value is 0.400. The number of halogens is 2. The monoisotopic (exact) mass is 572 g/mol. The summed E-state index contributed by atoms with van der Waals surface area (Å²) in [6.45, 7) is 4.85. The molecule has 0 unspecified atom stereocenters. The molecule has 0 fully saturated rings. The molecule has 142 valence electrons. The molecule has 2 N–H and O–H groups in total. The van der Waals surface area contributed by atoms with E-state index in [1.54, 1.807) is 22.6 Å². The molecule has 0 heterocycles. The molecular formula is C14H26I2N2O6. The Morgan fingerprint density at radius 3 is 1.88 bits per heavy atom. The maximum absolute atomic E-state index is 11.4. The maximum Gasteiger partial charge on any atom is 0.245 e. The van der Waals surface area contributed by atoms with Crippen LogP contribution in [0.25, 0.3) is 0 Å². The molecular weight excluding hydrogens is 546 g/mol. The first-order chi connectivity index (χ1) is 11.7. The van der Waals surface area contributed by atoms with Crippen molar-refractivity contribution in [2.45, 2.75) is 12.8 Å². The summed E-state index contributed by atoms with van der Waals surface area (Å²) in [4.78, 5) is 22.1. The lowest BCUT2D eigenvalue weighted by Gasteiger charge is -2.07. The number of hydrogen-bond donors (Lipinski definition) is 2. The van der Waals surface area contributed by atoms with Crippen LogP contribution in [0.4, 0.5) is 0 Å². The van der Waals surface area contributed by atoms with Crippen molar-refractivity contribution in [1.29, 1.82) is 0 Å². The topological polar surface area (TPSA) is 95.1 Å². The van der Waals surface area contributed by atoms with Gasteiger partial charge < -0.3 is 24.3 Å². The molecule has 10 heteroatoms. The Morgan fingerprint density at radius 1 is 0.792 bits per heavy atom. The molecule has 8 nitrogen and oxygen atoms in total. The van der Waals surface area contributed by atoms with Gasteiger partial charge in [0.25, 0.3) is 0 Å². The number of rotatable bonds is 18. The number of carbonyl (C=O) groups is 2. The van der Waals surface area contributed by atoms with Crippen LogP contribution in [0, 0.1) is 0 Å². The summed E-state index contributed by atoms with van der Waals surface area (Å²) in [6.07, 6.45) is 1.12. The van der Waals surface area contributed by atoms with Gasteiger partial charge in [-0.15, -0.1) is 0 Å². The van der Waals surface area contributed by atoms with E-state index in [2.05, 4.69) is 31.7 Å². The van der Waals surface area contributed by atoms with Gasteiger partial charge in [-0.1, -0.05) is 0 Å². The number of amides is 1. The summed E-state index contributed by atoms with van der Waals surface area (Å²) in [6, 6.07) is 0.